The summed E-state index contributed by atoms with van der Waals surface area (Å²) < 4.78 is 0. The first-order valence-electron chi connectivity index (χ1n) is 7.26. The summed E-state index contributed by atoms with van der Waals surface area (Å²) in [7, 11) is 0. The van der Waals surface area contributed by atoms with Gasteiger partial charge in [-0.05, 0) is 37.8 Å². The van der Waals surface area contributed by atoms with E-state index in [1.54, 1.807) is 6.92 Å². The van der Waals surface area contributed by atoms with Crippen LogP contribution < -0.4 is 5.32 Å². The van der Waals surface area contributed by atoms with E-state index in [2.05, 4.69) is 5.32 Å². The molecule has 2 saturated heterocycles. The molecule has 0 aromatic heterocycles. The third kappa shape index (κ3) is 2.14. The van der Waals surface area contributed by atoms with Crippen LogP contribution in [-0.2, 0) is 9.59 Å². The molecule has 5 heteroatoms. The molecule has 2 atom stereocenters. The SMILES string of the molecule is CC(C(=O)O)C1CN(C(=O)C2CC23CCNCC3)C1. The number of aliphatic carboxylic acids is 1. The van der Waals surface area contributed by atoms with E-state index in [9.17, 15) is 9.59 Å². The zero-order chi connectivity index (χ0) is 13.6. The van der Waals surface area contributed by atoms with Gasteiger partial charge in [0.05, 0.1) is 5.92 Å². The molecule has 19 heavy (non-hydrogen) atoms. The largest absolute Gasteiger partial charge is 0.481 e. The van der Waals surface area contributed by atoms with Gasteiger partial charge in [0.25, 0.3) is 0 Å². The molecule has 2 N–H and O–H groups in total. The summed E-state index contributed by atoms with van der Waals surface area (Å²) in [6.45, 7) is 5.07. The molecule has 0 radical (unpaired) electrons. The first-order valence-corrected chi connectivity index (χ1v) is 7.26. The van der Waals surface area contributed by atoms with Gasteiger partial charge in [-0.15, -0.1) is 0 Å². The molecule has 2 heterocycles. The summed E-state index contributed by atoms with van der Waals surface area (Å²) in [6, 6.07) is 0. The van der Waals surface area contributed by atoms with Crippen molar-refractivity contribution in [2.24, 2.45) is 23.2 Å². The molecular formula is C14H22N2O3. The highest BCUT2D eigenvalue weighted by atomic mass is 16.4. The molecule has 1 aliphatic carbocycles. The number of piperidine rings is 1. The quantitative estimate of drug-likeness (QED) is 0.783. The molecule has 3 fully saturated rings. The van der Waals surface area contributed by atoms with Gasteiger partial charge >= 0.3 is 5.97 Å². The summed E-state index contributed by atoms with van der Waals surface area (Å²) in [4.78, 5) is 25.1. The lowest BCUT2D eigenvalue weighted by atomic mass is 9.86. The van der Waals surface area contributed by atoms with Crippen LogP contribution in [0.4, 0.5) is 0 Å². The van der Waals surface area contributed by atoms with Gasteiger partial charge in [-0.25, -0.2) is 0 Å². The average molecular weight is 266 g/mol. The molecule has 1 saturated carbocycles. The van der Waals surface area contributed by atoms with Crippen molar-refractivity contribution in [3.63, 3.8) is 0 Å². The van der Waals surface area contributed by atoms with E-state index in [0.29, 0.717) is 13.1 Å². The first-order chi connectivity index (χ1) is 9.03. The number of nitrogens with one attached hydrogen (secondary N) is 1. The van der Waals surface area contributed by atoms with Crippen molar-refractivity contribution in [3.05, 3.63) is 0 Å². The van der Waals surface area contributed by atoms with Gasteiger partial charge in [0.15, 0.2) is 0 Å². The lowest BCUT2D eigenvalue weighted by molar-refractivity contribution is -0.151. The number of carbonyl (C=O) groups is 2. The summed E-state index contributed by atoms with van der Waals surface area (Å²) in [6.07, 6.45) is 3.28. The van der Waals surface area contributed by atoms with E-state index < -0.39 is 5.97 Å². The molecule has 1 spiro atoms. The van der Waals surface area contributed by atoms with Gasteiger partial charge in [0, 0.05) is 24.9 Å². The second-order valence-corrected chi connectivity index (χ2v) is 6.50. The van der Waals surface area contributed by atoms with Gasteiger partial charge < -0.3 is 15.3 Å². The Morgan fingerprint density at radius 3 is 2.53 bits per heavy atom. The van der Waals surface area contributed by atoms with Gasteiger partial charge in [-0.3, -0.25) is 9.59 Å². The minimum absolute atomic E-state index is 0.143. The lowest BCUT2D eigenvalue weighted by Crippen LogP contribution is -2.54. The van der Waals surface area contributed by atoms with Crippen molar-refractivity contribution in [2.75, 3.05) is 26.2 Å². The molecular weight excluding hydrogens is 244 g/mol. The van der Waals surface area contributed by atoms with Crippen LogP contribution in [0.1, 0.15) is 26.2 Å². The smallest absolute Gasteiger partial charge is 0.306 e. The summed E-state index contributed by atoms with van der Waals surface area (Å²) in [5.41, 5.74) is 0.284. The van der Waals surface area contributed by atoms with Crippen LogP contribution in [0.15, 0.2) is 0 Å². The van der Waals surface area contributed by atoms with Crippen LogP contribution in [0, 0.1) is 23.2 Å². The first kappa shape index (κ1) is 12.9. The number of carboxylic acid groups (broad SMARTS) is 1. The molecule has 5 nitrogen and oxygen atoms in total. The lowest BCUT2D eigenvalue weighted by Gasteiger charge is -2.42. The maximum absolute atomic E-state index is 12.4. The number of hydrogen-bond donors (Lipinski definition) is 2. The molecule has 0 bridgehead atoms. The van der Waals surface area contributed by atoms with Crippen LogP contribution in [-0.4, -0.2) is 48.1 Å². The third-order valence-corrected chi connectivity index (χ3v) is 5.41. The fourth-order valence-electron chi connectivity index (χ4n) is 3.60. The Balaban J connectivity index is 1.50. The van der Waals surface area contributed by atoms with E-state index >= 15 is 0 Å². The highest BCUT2D eigenvalue weighted by Crippen LogP contribution is 2.59. The predicted octanol–water partition coefficient (Wildman–Crippen LogP) is 0.555. The van der Waals surface area contributed by atoms with E-state index in [4.69, 9.17) is 5.11 Å². The summed E-state index contributed by atoms with van der Waals surface area (Å²) in [5.74, 6) is -0.454. The normalized spacial score (nSPS) is 30.8. The number of nitrogens with zero attached hydrogens (tertiary/aromatic N) is 1. The Bertz CT molecular complexity index is 397. The van der Waals surface area contributed by atoms with Crippen LogP contribution in [0.2, 0.25) is 0 Å². The van der Waals surface area contributed by atoms with E-state index in [1.165, 1.54) is 0 Å². The number of carbonyl (C=O) groups excluding carboxylic acids is 1. The predicted molar refractivity (Wildman–Crippen MR) is 69.5 cm³/mol. The van der Waals surface area contributed by atoms with Crippen molar-refractivity contribution in [1.82, 2.24) is 10.2 Å². The highest BCUT2D eigenvalue weighted by Gasteiger charge is 2.59. The molecule has 1 amide bonds. The number of amides is 1. The topological polar surface area (TPSA) is 69.6 Å². The van der Waals surface area contributed by atoms with Gasteiger partial charge in [0.1, 0.15) is 0 Å². The molecule has 0 aromatic carbocycles. The van der Waals surface area contributed by atoms with Crippen LogP contribution >= 0.6 is 0 Å². The van der Waals surface area contributed by atoms with E-state index in [1.807, 2.05) is 4.90 Å². The monoisotopic (exact) mass is 266 g/mol. The summed E-state index contributed by atoms with van der Waals surface area (Å²) >= 11 is 0. The fourth-order valence-corrected chi connectivity index (χ4v) is 3.60. The second-order valence-electron chi connectivity index (χ2n) is 6.50. The molecule has 3 aliphatic rings. The maximum atomic E-state index is 12.4. The molecule has 2 unspecified atom stereocenters. The third-order valence-electron chi connectivity index (χ3n) is 5.41. The number of hydrogen-bond acceptors (Lipinski definition) is 3. The number of rotatable bonds is 3. The van der Waals surface area contributed by atoms with Gasteiger partial charge in [0.2, 0.25) is 5.91 Å². The minimum atomic E-state index is -0.752. The highest BCUT2D eigenvalue weighted by molar-refractivity contribution is 5.83. The van der Waals surface area contributed by atoms with Crippen molar-refractivity contribution in [3.8, 4) is 0 Å². The fraction of sp³-hybridized carbons (Fsp3) is 0.857. The van der Waals surface area contributed by atoms with Crippen LogP contribution in [0.5, 0.6) is 0 Å². The maximum Gasteiger partial charge on any atom is 0.306 e. The Kier molecular flexibility index (Phi) is 3.04. The number of carboxylic acids is 1. The zero-order valence-corrected chi connectivity index (χ0v) is 11.4. The second kappa shape index (κ2) is 4.47. The Hall–Kier alpha value is -1.10. The average Bonchev–Trinajstić information content (AvgIpc) is 3.01. The Morgan fingerprint density at radius 1 is 1.32 bits per heavy atom. The van der Waals surface area contributed by atoms with Crippen LogP contribution in [0.25, 0.3) is 0 Å². The van der Waals surface area contributed by atoms with Gasteiger partial charge in [-0.2, -0.15) is 0 Å². The standard InChI is InChI=1S/C14H22N2O3/c1-9(13(18)19)10-7-16(8-10)12(17)11-6-14(11)2-4-15-5-3-14/h9-11,15H,2-8H2,1H3,(H,18,19). The Morgan fingerprint density at radius 2 is 1.95 bits per heavy atom. The van der Waals surface area contributed by atoms with Crippen molar-refractivity contribution < 1.29 is 14.7 Å². The zero-order valence-electron chi connectivity index (χ0n) is 11.4. The van der Waals surface area contributed by atoms with Gasteiger partial charge in [-0.1, -0.05) is 6.92 Å². The van der Waals surface area contributed by atoms with Crippen molar-refractivity contribution in [1.29, 1.82) is 0 Å². The minimum Gasteiger partial charge on any atom is -0.481 e. The molecule has 2 aliphatic heterocycles. The van der Waals surface area contributed by atoms with E-state index in [-0.39, 0.29) is 29.1 Å². The van der Waals surface area contributed by atoms with Crippen molar-refractivity contribution >= 4 is 11.9 Å². The summed E-state index contributed by atoms with van der Waals surface area (Å²) in [5, 5.41) is 12.3. The van der Waals surface area contributed by atoms with Crippen molar-refractivity contribution in [2.45, 2.75) is 26.2 Å². The molecule has 106 valence electrons. The molecule has 0 aromatic rings. The van der Waals surface area contributed by atoms with E-state index in [0.717, 1.165) is 32.4 Å². The Labute approximate surface area is 113 Å². The molecule has 3 rings (SSSR count). The number of likely N-dealkylation sites (tertiary alicyclic amines) is 1. The van der Waals surface area contributed by atoms with Crippen LogP contribution in [0.3, 0.4) is 0 Å².